The van der Waals surface area contributed by atoms with Gasteiger partial charge in [-0.3, -0.25) is 9.59 Å². The molecule has 6 rings (SSSR count). The first-order valence-electron chi connectivity index (χ1n) is 13.7. The minimum absolute atomic E-state index is 0.170. The van der Waals surface area contributed by atoms with E-state index in [2.05, 4.69) is 0 Å². The number of aromatic nitrogens is 2. The Kier molecular flexibility index (Phi) is 6.68. The summed E-state index contributed by atoms with van der Waals surface area (Å²) in [5.74, 6) is 1.85. The average Bonchev–Trinajstić information content (AvgIpc) is 2.99. The van der Waals surface area contributed by atoms with Crippen LogP contribution in [0.5, 0.6) is 28.7 Å². The highest BCUT2D eigenvalue weighted by Crippen LogP contribution is 2.51. The third-order valence-electron chi connectivity index (χ3n) is 8.37. The van der Waals surface area contributed by atoms with Gasteiger partial charge in [0.2, 0.25) is 0 Å². The average molecular weight is 575 g/mol. The van der Waals surface area contributed by atoms with Crippen LogP contribution in [0.3, 0.4) is 0 Å². The van der Waals surface area contributed by atoms with E-state index in [1.165, 1.54) is 7.11 Å². The molecule has 0 saturated heterocycles. The van der Waals surface area contributed by atoms with Crippen LogP contribution in [0.15, 0.2) is 45.5 Å². The van der Waals surface area contributed by atoms with Gasteiger partial charge in [-0.2, -0.15) is 0 Å². The predicted molar refractivity (Wildman–Crippen MR) is 159 cm³/mol. The molecule has 4 aromatic rings. The maximum Gasteiger partial charge on any atom is 0.258 e. The summed E-state index contributed by atoms with van der Waals surface area (Å²) in [6, 6.07) is 7.37. The molecule has 0 saturated carbocycles. The van der Waals surface area contributed by atoms with Crippen LogP contribution in [0.1, 0.15) is 42.6 Å². The smallest absolute Gasteiger partial charge is 0.258 e. The minimum atomic E-state index is -0.776. The molecule has 0 amide bonds. The maximum absolute atomic E-state index is 14.2. The molecule has 0 bridgehead atoms. The summed E-state index contributed by atoms with van der Waals surface area (Å²) >= 11 is 0. The minimum Gasteiger partial charge on any atom is -0.493 e. The Morgan fingerprint density at radius 2 is 1.36 bits per heavy atom. The lowest BCUT2D eigenvalue weighted by molar-refractivity contribution is -0.0698. The van der Waals surface area contributed by atoms with E-state index in [9.17, 15) is 9.59 Å². The fraction of sp³-hybridized carbons (Fsp3) is 0.375. The number of pyridine rings is 2. The Bertz CT molecular complexity index is 1920. The van der Waals surface area contributed by atoms with Crippen molar-refractivity contribution in [2.75, 3.05) is 28.4 Å². The highest BCUT2D eigenvalue weighted by atomic mass is 16.6. The van der Waals surface area contributed by atoms with Crippen molar-refractivity contribution in [1.29, 1.82) is 0 Å². The molecule has 0 fully saturated rings. The van der Waals surface area contributed by atoms with Gasteiger partial charge in [0.05, 0.1) is 51.7 Å². The second-order valence-electron chi connectivity index (χ2n) is 10.8. The van der Waals surface area contributed by atoms with E-state index >= 15 is 0 Å². The predicted octanol–water partition coefficient (Wildman–Crippen LogP) is 4.51. The summed E-state index contributed by atoms with van der Waals surface area (Å²) in [7, 11) is 9.61. The molecule has 42 heavy (non-hydrogen) atoms. The Morgan fingerprint density at radius 1 is 0.810 bits per heavy atom. The molecule has 3 atom stereocenters. The number of nitrogens with zero attached hydrogens (tertiary/aromatic N) is 2. The molecule has 0 spiro atoms. The van der Waals surface area contributed by atoms with E-state index in [0.29, 0.717) is 56.3 Å². The number of allylic oxidation sites excluding steroid dienone is 1. The summed E-state index contributed by atoms with van der Waals surface area (Å²) in [5, 5.41) is 1.48. The number of ether oxygens (including phenoxy) is 6. The zero-order chi connectivity index (χ0) is 30.0. The van der Waals surface area contributed by atoms with Gasteiger partial charge in [0, 0.05) is 30.8 Å². The largest absolute Gasteiger partial charge is 0.493 e. The topological polar surface area (TPSA) is 99.4 Å². The quantitative estimate of drug-likeness (QED) is 0.321. The van der Waals surface area contributed by atoms with Gasteiger partial charge in [0.15, 0.2) is 29.1 Å². The summed E-state index contributed by atoms with van der Waals surface area (Å²) in [5.41, 5.74) is 3.40. The second kappa shape index (κ2) is 10.1. The van der Waals surface area contributed by atoms with Crippen LogP contribution in [-0.2, 0) is 25.4 Å². The van der Waals surface area contributed by atoms with Gasteiger partial charge in [0.1, 0.15) is 17.4 Å². The third-order valence-corrected chi connectivity index (χ3v) is 8.37. The van der Waals surface area contributed by atoms with Crippen molar-refractivity contribution in [2.24, 2.45) is 14.1 Å². The van der Waals surface area contributed by atoms with E-state index in [-0.39, 0.29) is 17.7 Å². The van der Waals surface area contributed by atoms with Crippen LogP contribution in [0.25, 0.3) is 21.8 Å². The molecule has 2 aromatic heterocycles. The summed E-state index contributed by atoms with van der Waals surface area (Å²) in [4.78, 5) is 28.2. The molecule has 2 aliphatic rings. The number of aryl methyl sites for hydroxylation is 2. The van der Waals surface area contributed by atoms with Crippen molar-refractivity contribution in [3.8, 4) is 28.7 Å². The molecule has 0 radical (unpaired) electrons. The van der Waals surface area contributed by atoms with Gasteiger partial charge in [-0.25, -0.2) is 0 Å². The van der Waals surface area contributed by atoms with Crippen LogP contribution in [0.4, 0.5) is 0 Å². The zero-order valence-electron chi connectivity index (χ0n) is 25.0. The number of hydrogen-bond donors (Lipinski definition) is 0. The van der Waals surface area contributed by atoms with Gasteiger partial charge in [-0.15, -0.1) is 0 Å². The fourth-order valence-electron chi connectivity index (χ4n) is 6.54. The first kappa shape index (κ1) is 27.7. The number of rotatable bonds is 5. The van der Waals surface area contributed by atoms with E-state index in [1.807, 2.05) is 38.1 Å². The number of benzene rings is 2. The van der Waals surface area contributed by atoms with Crippen molar-refractivity contribution in [3.05, 3.63) is 73.3 Å². The fourth-order valence-corrected chi connectivity index (χ4v) is 6.54. The van der Waals surface area contributed by atoms with Gasteiger partial charge in [-0.05, 0) is 43.7 Å². The van der Waals surface area contributed by atoms with Gasteiger partial charge < -0.3 is 37.6 Å². The lowest BCUT2D eigenvalue weighted by atomic mass is 9.80. The van der Waals surface area contributed by atoms with Crippen LogP contribution in [0.2, 0.25) is 0 Å². The molecule has 2 aromatic carbocycles. The first-order chi connectivity index (χ1) is 20.2. The molecule has 4 heterocycles. The lowest BCUT2D eigenvalue weighted by Gasteiger charge is -2.42. The van der Waals surface area contributed by atoms with Gasteiger partial charge in [0.25, 0.3) is 11.1 Å². The van der Waals surface area contributed by atoms with Crippen molar-refractivity contribution >= 4 is 21.8 Å². The SMILES string of the molecule is COc1ccc2c3c(c(=O)n(C)c2c1OC)C1Oc2c(c(=O)n(C)c4c(OC)c(OC)ccc24)C(C=C(C)C)C1OC3. The highest BCUT2D eigenvalue weighted by molar-refractivity contribution is 5.94. The van der Waals surface area contributed by atoms with E-state index in [4.69, 9.17) is 28.4 Å². The van der Waals surface area contributed by atoms with Crippen LogP contribution >= 0.6 is 0 Å². The number of fused-ring (bicyclic) bond motifs is 8. The lowest BCUT2D eigenvalue weighted by Crippen LogP contribution is -2.46. The molecule has 0 aliphatic carbocycles. The summed E-state index contributed by atoms with van der Waals surface area (Å²) < 4.78 is 38.8. The third kappa shape index (κ3) is 3.74. The van der Waals surface area contributed by atoms with E-state index in [1.54, 1.807) is 50.6 Å². The molecule has 10 nitrogen and oxygen atoms in total. The Labute approximate surface area is 242 Å². The first-order valence-corrected chi connectivity index (χ1v) is 13.7. The molecular formula is C32H34N2O8. The van der Waals surface area contributed by atoms with Crippen molar-refractivity contribution < 1.29 is 28.4 Å². The molecule has 2 aliphatic heterocycles. The molecular weight excluding hydrogens is 540 g/mol. The molecule has 220 valence electrons. The van der Waals surface area contributed by atoms with Crippen molar-refractivity contribution in [1.82, 2.24) is 9.13 Å². The molecule has 10 heteroatoms. The maximum atomic E-state index is 14.2. The number of hydrogen-bond acceptors (Lipinski definition) is 8. The Balaban J connectivity index is 1.69. The van der Waals surface area contributed by atoms with Crippen molar-refractivity contribution in [3.63, 3.8) is 0 Å². The molecule has 0 N–H and O–H groups in total. The van der Waals surface area contributed by atoms with Crippen LogP contribution in [-0.4, -0.2) is 43.7 Å². The van der Waals surface area contributed by atoms with Gasteiger partial charge in [-0.1, -0.05) is 11.6 Å². The Hall–Kier alpha value is -4.44. The standard InChI is InChI=1S/C32H34N2O8/c1-15(2)13-18-22-26(17-10-12-21(38-6)29(40-8)25(17)34(4)31(22)35)42-30-23-19(14-41-27(18)30)16-9-11-20(37-5)28(39-7)24(16)33(3)32(23)36/h9-13,18,27,30H,14H2,1-8H3. The monoisotopic (exact) mass is 574 g/mol. The summed E-state index contributed by atoms with van der Waals surface area (Å²) in [6.07, 6.45) is 0.647. The number of methoxy groups -OCH3 is 4. The molecule has 3 unspecified atom stereocenters. The Morgan fingerprint density at radius 3 is 1.90 bits per heavy atom. The summed E-state index contributed by atoms with van der Waals surface area (Å²) in [6.45, 7) is 4.13. The van der Waals surface area contributed by atoms with Crippen LogP contribution < -0.4 is 34.8 Å². The van der Waals surface area contributed by atoms with Crippen LogP contribution in [0, 0.1) is 0 Å². The zero-order valence-corrected chi connectivity index (χ0v) is 25.0. The second-order valence-corrected chi connectivity index (χ2v) is 10.8. The van der Waals surface area contributed by atoms with Gasteiger partial charge >= 0.3 is 0 Å². The van der Waals surface area contributed by atoms with Crippen molar-refractivity contribution in [2.45, 2.75) is 38.6 Å². The van der Waals surface area contributed by atoms with E-state index in [0.717, 1.165) is 16.5 Å². The normalized spacial score (nSPS) is 18.9. The van der Waals surface area contributed by atoms with E-state index < -0.39 is 18.1 Å². The highest BCUT2D eigenvalue weighted by Gasteiger charge is 2.47.